The zero-order valence-corrected chi connectivity index (χ0v) is 17.9. The topological polar surface area (TPSA) is 105 Å². The first-order chi connectivity index (χ1) is 14.9. The number of nitriles is 1. The first-order valence-electron chi connectivity index (χ1n) is 10.9. The molecule has 0 saturated carbocycles. The maximum absolute atomic E-state index is 12.4. The molecule has 6 nitrogen and oxygen atoms in total. The van der Waals surface area contributed by atoms with Crippen molar-refractivity contribution in [2.75, 3.05) is 18.1 Å². The van der Waals surface area contributed by atoms with Gasteiger partial charge in [-0.25, -0.2) is 0 Å². The number of Topliss-reactive ketones (excluding diaryl/α,β-unsaturated/α-hetero) is 1. The summed E-state index contributed by atoms with van der Waals surface area (Å²) in [6, 6.07) is 14.7. The predicted molar refractivity (Wildman–Crippen MR) is 122 cm³/mol. The summed E-state index contributed by atoms with van der Waals surface area (Å²) in [5, 5.41) is 39.5. The van der Waals surface area contributed by atoms with Crippen LogP contribution in [-0.4, -0.2) is 52.5 Å². The zero-order valence-electron chi connectivity index (χ0n) is 17.9. The van der Waals surface area contributed by atoms with Gasteiger partial charge in [0, 0.05) is 24.7 Å². The second-order valence-electron chi connectivity index (χ2n) is 8.28. The minimum absolute atomic E-state index is 0.00352. The summed E-state index contributed by atoms with van der Waals surface area (Å²) in [5.41, 5.74) is 1.98. The Morgan fingerprint density at radius 1 is 1.19 bits per heavy atom. The number of rotatable bonds is 8. The average Bonchev–Trinajstić information content (AvgIpc) is 2.80. The molecule has 3 N–H and O–H groups in total. The van der Waals surface area contributed by atoms with E-state index in [1.807, 2.05) is 24.3 Å². The third-order valence-corrected chi connectivity index (χ3v) is 6.01. The van der Waals surface area contributed by atoms with Crippen molar-refractivity contribution in [3.05, 3.63) is 47.5 Å². The van der Waals surface area contributed by atoms with E-state index in [9.17, 15) is 20.3 Å². The van der Waals surface area contributed by atoms with Crippen LogP contribution in [0.3, 0.4) is 0 Å². The Hall–Kier alpha value is -2.72. The van der Waals surface area contributed by atoms with Gasteiger partial charge in [0.1, 0.15) is 12.2 Å². The lowest BCUT2D eigenvalue weighted by Gasteiger charge is -2.35. The van der Waals surface area contributed by atoms with Gasteiger partial charge in [-0.2, -0.15) is 5.26 Å². The molecule has 0 radical (unpaired) electrons. The van der Waals surface area contributed by atoms with Crippen molar-refractivity contribution in [3.63, 3.8) is 0 Å². The van der Waals surface area contributed by atoms with Gasteiger partial charge in [-0.1, -0.05) is 18.2 Å². The third kappa shape index (κ3) is 5.71. The average molecular weight is 423 g/mol. The van der Waals surface area contributed by atoms with Crippen LogP contribution in [0.15, 0.2) is 42.0 Å². The fraction of sp³-hybridized carbons (Fsp3) is 0.440. The number of piperidine rings is 1. The number of ketones is 1. The number of aliphatic hydroxyl groups excluding tert-OH is 3. The van der Waals surface area contributed by atoms with Crippen molar-refractivity contribution in [2.45, 2.75) is 57.3 Å². The van der Waals surface area contributed by atoms with Crippen LogP contribution in [-0.2, 0) is 4.79 Å². The van der Waals surface area contributed by atoms with Gasteiger partial charge in [0.15, 0.2) is 5.78 Å². The summed E-state index contributed by atoms with van der Waals surface area (Å²) in [5.74, 6) is -0.402. The van der Waals surface area contributed by atoms with Crippen molar-refractivity contribution in [1.29, 1.82) is 5.26 Å². The summed E-state index contributed by atoms with van der Waals surface area (Å²) in [6.07, 6.45) is 2.67. The first-order valence-corrected chi connectivity index (χ1v) is 10.9. The molecule has 3 atom stereocenters. The molecule has 1 heterocycles. The largest absolute Gasteiger partial charge is 0.394 e. The number of hydrogen-bond acceptors (Lipinski definition) is 6. The number of aliphatic hydroxyl groups is 3. The summed E-state index contributed by atoms with van der Waals surface area (Å²) < 4.78 is 0. The minimum atomic E-state index is -1.29. The Morgan fingerprint density at radius 2 is 1.94 bits per heavy atom. The number of carbonyl (C=O) groups excluding carboxylic acids is 1. The van der Waals surface area contributed by atoms with Crippen LogP contribution >= 0.6 is 0 Å². The van der Waals surface area contributed by atoms with Crippen molar-refractivity contribution >= 4 is 28.3 Å². The maximum Gasteiger partial charge on any atom is 0.173 e. The normalized spacial score (nSPS) is 19.1. The smallest absolute Gasteiger partial charge is 0.173 e. The van der Waals surface area contributed by atoms with E-state index in [1.165, 1.54) is 24.9 Å². The molecule has 0 amide bonds. The molecule has 0 bridgehead atoms. The molecule has 1 fully saturated rings. The lowest BCUT2D eigenvalue weighted by molar-refractivity contribution is -0.116. The number of fused-ring (bicyclic) bond motifs is 1. The number of hydrogen-bond donors (Lipinski definition) is 3. The number of allylic oxidation sites excluding steroid dienone is 1. The van der Waals surface area contributed by atoms with Gasteiger partial charge in [0.2, 0.25) is 0 Å². The van der Waals surface area contributed by atoms with Gasteiger partial charge in [-0.15, -0.1) is 0 Å². The van der Waals surface area contributed by atoms with E-state index in [2.05, 4.69) is 30.0 Å². The van der Waals surface area contributed by atoms with Crippen LogP contribution in [0.5, 0.6) is 0 Å². The van der Waals surface area contributed by atoms with Gasteiger partial charge < -0.3 is 20.2 Å². The Bertz CT molecular complexity index is 995. The molecule has 0 aromatic heterocycles. The fourth-order valence-corrected chi connectivity index (χ4v) is 4.07. The lowest BCUT2D eigenvalue weighted by atomic mass is 9.99. The van der Waals surface area contributed by atoms with Crippen molar-refractivity contribution in [2.24, 2.45) is 0 Å². The minimum Gasteiger partial charge on any atom is -0.394 e. The van der Waals surface area contributed by atoms with Crippen LogP contribution < -0.4 is 4.90 Å². The number of benzene rings is 2. The van der Waals surface area contributed by atoms with E-state index in [1.54, 1.807) is 6.08 Å². The molecule has 3 unspecified atom stereocenters. The molecule has 0 spiro atoms. The van der Waals surface area contributed by atoms with Gasteiger partial charge in [0.05, 0.1) is 18.3 Å². The monoisotopic (exact) mass is 422 g/mol. The van der Waals surface area contributed by atoms with Crippen molar-refractivity contribution < 1.29 is 20.1 Å². The highest BCUT2D eigenvalue weighted by atomic mass is 16.4. The van der Waals surface area contributed by atoms with Crippen LogP contribution in [0.1, 0.15) is 44.6 Å². The highest BCUT2D eigenvalue weighted by Gasteiger charge is 2.19. The molecular formula is C25H30N2O4. The van der Waals surface area contributed by atoms with Gasteiger partial charge in [-0.05, 0) is 73.2 Å². The molecular weight excluding hydrogens is 392 g/mol. The van der Waals surface area contributed by atoms with E-state index in [0.717, 1.165) is 22.9 Å². The van der Waals surface area contributed by atoms with Crippen LogP contribution in [0.2, 0.25) is 0 Å². The Labute approximate surface area is 183 Å². The summed E-state index contributed by atoms with van der Waals surface area (Å²) in [4.78, 5) is 14.8. The van der Waals surface area contributed by atoms with E-state index in [0.29, 0.717) is 6.04 Å². The second-order valence-corrected chi connectivity index (χ2v) is 8.28. The standard InChI is InChI=1S/C25H30N2O4/c1-17-4-2-3-11-27(17)22-8-7-19-12-18(5-6-20(19)14-22)13-21(15-26)23(29)9-10-24(30)25(31)16-28/h5-8,12-14,17,24-25,28,30-31H,2-4,9-11,16H2,1H3/b21-13+. The Morgan fingerprint density at radius 3 is 2.65 bits per heavy atom. The van der Waals surface area contributed by atoms with Crippen LogP contribution in [0.4, 0.5) is 5.69 Å². The number of carbonyl (C=O) groups is 1. The van der Waals surface area contributed by atoms with Gasteiger partial charge >= 0.3 is 0 Å². The summed E-state index contributed by atoms with van der Waals surface area (Å²) in [6.45, 7) is 2.76. The fourth-order valence-electron chi connectivity index (χ4n) is 4.07. The molecule has 3 rings (SSSR count). The maximum atomic E-state index is 12.4. The number of anilines is 1. The van der Waals surface area contributed by atoms with Gasteiger partial charge in [0.25, 0.3) is 0 Å². The summed E-state index contributed by atoms with van der Waals surface area (Å²) in [7, 11) is 0. The molecule has 31 heavy (non-hydrogen) atoms. The molecule has 1 saturated heterocycles. The molecule has 1 aliphatic rings. The van der Waals surface area contributed by atoms with Crippen LogP contribution in [0.25, 0.3) is 16.8 Å². The molecule has 164 valence electrons. The van der Waals surface area contributed by atoms with Crippen molar-refractivity contribution in [3.8, 4) is 6.07 Å². The predicted octanol–water partition coefficient (Wildman–Crippen LogP) is 3.19. The SMILES string of the molecule is CC1CCCCN1c1ccc2cc(/C=C(\C#N)C(=O)CCC(O)C(O)CO)ccc2c1. The summed E-state index contributed by atoms with van der Waals surface area (Å²) >= 11 is 0. The first kappa shape index (κ1) is 23.0. The van der Waals surface area contributed by atoms with Gasteiger partial charge in [-0.3, -0.25) is 4.79 Å². The molecule has 0 aliphatic carbocycles. The zero-order chi connectivity index (χ0) is 22.4. The van der Waals surface area contributed by atoms with E-state index in [-0.39, 0.29) is 18.4 Å². The lowest BCUT2D eigenvalue weighted by Crippen LogP contribution is -2.37. The Kier molecular flexibility index (Phi) is 7.80. The van der Waals surface area contributed by atoms with E-state index in [4.69, 9.17) is 5.11 Å². The molecule has 2 aromatic rings. The third-order valence-electron chi connectivity index (χ3n) is 6.01. The van der Waals surface area contributed by atoms with Crippen molar-refractivity contribution in [1.82, 2.24) is 0 Å². The quantitative estimate of drug-likeness (QED) is 0.446. The molecule has 2 aromatic carbocycles. The van der Waals surface area contributed by atoms with E-state index < -0.39 is 24.6 Å². The molecule has 6 heteroatoms. The number of nitrogens with zero attached hydrogens (tertiary/aromatic N) is 2. The molecule has 1 aliphatic heterocycles. The highest BCUT2D eigenvalue weighted by Crippen LogP contribution is 2.28. The Balaban J connectivity index is 1.75. The van der Waals surface area contributed by atoms with Crippen LogP contribution in [0, 0.1) is 11.3 Å². The second kappa shape index (κ2) is 10.5. The highest BCUT2D eigenvalue weighted by molar-refractivity contribution is 6.03. The van der Waals surface area contributed by atoms with E-state index >= 15 is 0 Å².